The number of ether oxygens (including phenoxy) is 2. The summed E-state index contributed by atoms with van der Waals surface area (Å²) in [6.07, 6.45) is 0.753. The molecule has 0 unspecified atom stereocenters. The number of fused-ring (bicyclic) bond motifs is 1. The van der Waals surface area contributed by atoms with Gasteiger partial charge in [-0.05, 0) is 60.4 Å². The van der Waals surface area contributed by atoms with E-state index in [2.05, 4.69) is 29.5 Å². The van der Waals surface area contributed by atoms with Crippen LogP contribution in [0.2, 0.25) is 0 Å². The van der Waals surface area contributed by atoms with Crippen molar-refractivity contribution in [2.75, 3.05) is 25.7 Å². The van der Waals surface area contributed by atoms with Gasteiger partial charge in [0.2, 0.25) is 11.8 Å². The second-order valence-electron chi connectivity index (χ2n) is 9.47. The molecule has 1 aromatic heterocycles. The van der Waals surface area contributed by atoms with E-state index in [9.17, 15) is 14.0 Å². The third kappa shape index (κ3) is 6.34. The van der Waals surface area contributed by atoms with Gasteiger partial charge < -0.3 is 14.8 Å². The number of hydrogen-bond donors (Lipinski definition) is 1. The van der Waals surface area contributed by atoms with Crippen molar-refractivity contribution < 1.29 is 23.5 Å². The molecule has 0 fully saturated rings. The van der Waals surface area contributed by atoms with Crippen molar-refractivity contribution in [3.05, 3.63) is 78.1 Å². The normalized spacial score (nSPS) is 11.8. The first-order chi connectivity index (χ1) is 18.8. The summed E-state index contributed by atoms with van der Waals surface area (Å²) in [6, 6.07) is 16.7. The second kappa shape index (κ2) is 12.4. The number of para-hydroxylation sites is 1. The fraction of sp³-hybridized carbons (Fsp3) is 0.310. The molecule has 0 bridgehead atoms. The van der Waals surface area contributed by atoms with Crippen molar-refractivity contribution in [1.29, 1.82) is 0 Å². The number of nitrogens with zero attached hydrogens (tertiary/aromatic N) is 4. The van der Waals surface area contributed by atoms with Gasteiger partial charge in [-0.25, -0.2) is 9.07 Å². The highest BCUT2D eigenvalue weighted by Gasteiger charge is 2.34. The van der Waals surface area contributed by atoms with Gasteiger partial charge in [-0.1, -0.05) is 43.3 Å². The van der Waals surface area contributed by atoms with E-state index in [1.807, 2.05) is 12.1 Å². The zero-order chi connectivity index (χ0) is 27.9. The summed E-state index contributed by atoms with van der Waals surface area (Å²) in [7, 11) is 3.00. The minimum absolute atomic E-state index is 0.222. The van der Waals surface area contributed by atoms with Crippen LogP contribution in [0.25, 0.3) is 11.0 Å². The van der Waals surface area contributed by atoms with Gasteiger partial charge in [0.05, 0.1) is 19.7 Å². The number of hydrogen-bond acceptors (Lipinski definition) is 6. The van der Waals surface area contributed by atoms with Gasteiger partial charge in [0, 0.05) is 12.2 Å². The summed E-state index contributed by atoms with van der Waals surface area (Å²) >= 11 is 0. The molecule has 1 N–H and O–H groups in total. The number of nitrogens with one attached hydrogen (secondary N) is 1. The number of benzene rings is 3. The fourth-order valence-electron chi connectivity index (χ4n) is 4.32. The molecular weight excluding hydrogens is 501 g/mol. The molecule has 204 valence electrons. The van der Waals surface area contributed by atoms with E-state index in [0.29, 0.717) is 40.6 Å². The predicted octanol–water partition coefficient (Wildman–Crippen LogP) is 4.52. The Kier molecular flexibility index (Phi) is 8.75. The molecule has 4 aromatic rings. The predicted molar refractivity (Wildman–Crippen MR) is 146 cm³/mol. The first-order valence-electron chi connectivity index (χ1n) is 12.7. The van der Waals surface area contributed by atoms with Gasteiger partial charge >= 0.3 is 0 Å². The summed E-state index contributed by atoms with van der Waals surface area (Å²) in [4.78, 5) is 29.1. The Morgan fingerprint density at radius 3 is 2.49 bits per heavy atom. The van der Waals surface area contributed by atoms with Gasteiger partial charge in [-0.15, -0.1) is 5.10 Å². The third-order valence-electron chi connectivity index (χ3n) is 6.31. The van der Waals surface area contributed by atoms with Gasteiger partial charge in [0.1, 0.15) is 23.9 Å². The summed E-state index contributed by atoms with van der Waals surface area (Å²) in [5.41, 5.74) is 1.98. The molecule has 2 amide bonds. The maximum absolute atomic E-state index is 14.4. The average molecular weight is 534 g/mol. The highest BCUT2D eigenvalue weighted by atomic mass is 19.1. The highest BCUT2D eigenvalue weighted by Crippen LogP contribution is 2.35. The van der Waals surface area contributed by atoms with E-state index in [1.54, 1.807) is 36.4 Å². The molecule has 10 heteroatoms. The van der Waals surface area contributed by atoms with E-state index in [1.165, 1.54) is 42.0 Å². The topological polar surface area (TPSA) is 98.6 Å². The Hall–Kier alpha value is -4.47. The summed E-state index contributed by atoms with van der Waals surface area (Å²) in [5, 5.41) is 11.2. The number of anilines is 1. The molecule has 0 saturated carbocycles. The van der Waals surface area contributed by atoms with Crippen LogP contribution in [0.5, 0.6) is 11.5 Å². The molecule has 3 aromatic carbocycles. The van der Waals surface area contributed by atoms with Crippen molar-refractivity contribution in [1.82, 2.24) is 20.3 Å². The van der Waals surface area contributed by atoms with Crippen molar-refractivity contribution >= 4 is 28.5 Å². The zero-order valence-electron chi connectivity index (χ0n) is 22.4. The molecule has 0 saturated heterocycles. The molecule has 0 aliphatic rings. The largest absolute Gasteiger partial charge is 0.493 e. The van der Waals surface area contributed by atoms with Gasteiger partial charge in [0.15, 0.2) is 11.5 Å². The summed E-state index contributed by atoms with van der Waals surface area (Å²) in [5.74, 6) is -0.199. The number of methoxy groups -OCH3 is 2. The Bertz CT molecular complexity index is 1450. The van der Waals surface area contributed by atoms with Crippen molar-refractivity contribution in [3.8, 4) is 11.5 Å². The van der Waals surface area contributed by atoms with Crippen LogP contribution in [0.3, 0.4) is 0 Å². The fourth-order valence-corrected chi connectivity index (χ4v) is 4.32. The molecule has 1 heterocycles. The van der Waals surface area contributed by atoms with Crippen LogP contribution in [0.15, 0.2) is 66.7 Å². The third-order valence-corrected chi connectivity index (χ3v) is 6.31. The van der Waals surface area contributed by atoms with Gasteiger partial charge in [0.25, 0.3) is 0 Å². The monoisotopic (exact) mass is 533 g/mol. The number of rotatable bonds is 11. The Morgan fingerprint density at radius 2 is 1.77 bits per heavy atom. The standard InChI is InChI=1S/C29H32FN5O4/c1-19(2)14-15-31-29(37)28(20-12-13-25(38-3)26(16-20)39-4)35(22-9-7-8-21(30)17-22)27(36)18-34-24-11-6-5-10-23(24)32-33-34/h5-13,16-17,19,28H,14-15,18H2,1-4H3,(H,31,37)/t28-/m0/s1. The van der Waals surface area contributed by atoms with Crippen molar-refractivity contribution in [3.63, 3.8) is 0 Å². The van der Waals surface area contributed by atoms with E-state index < -0.39 is 23.7 Å². The first-order valence-corrected chi connectivity index (χ1v) is 12.7. The molecule has 0 aliphatic carbocycles. The first kappa shape index (κ1) is 27.6. The van der Waals surface area contributed by atoms with Gasteiger partial charge in [-0.2, -0.15) is 0 Å². The Morgan fingerprint density at radius 1 is 1.00 bits per heavy atom. The van der Waals surface area contributed by atoms with Crippen LogP contribution in [-0.2, 0) is 16.1 Å². The number of amides is 2. The van der Waals surface area contributed by atoms with Crippen molar-refractivity contribution in [2.45, 2.75) is 32.9 Å². The number of halogens is 1. The lowest BCUT2D eigenvalue weighted by atomic mass is 10.0. The van der Waals surface area contributed by atoms with E-state index in [0.717, 1.165) is 6.42 Å². The maximum atomic E-state index is 14.4. The van der Waals surface area contributed by atoms with Crippen LogP contribution in [0.1, 0.15) is 31.9 Å². The van der Waals surface area contributed by atoms with Crippen molar-refractivity contribution in [2.24, 2.45) is 5.92 Å². The van der Waals surface area contributed by atoms with Crippen LogP contribution < -0.4 is 19.7 Å². The molecule has 0 spiro atoms. The molecule has 0 radical (unpaired) electrons. The lowest BCUT2D eigenvalue weighted by molar-refractivity contribution is -0.127. The lowest BCUT2D eigenvalue weighted by Crippen LogP contribution is -2.45. The van der Waals surface area contributed by atoms with Crippen LogP contribution >= 0.6 is 0 Å². The summed E-state index contributed by atoms with van der Waals surface area (Å²) in [6.45, 7) is 4.31. The van der Waals surface area contributed by atoms with E-state index in [4.69, 9.17) is 9.47 Å². The zero-order valence-corrected chi connectivity index (χ0v) is 22.4. The van der Waals surface area contributed by atoms with Crippen LogP contribution in [0, 0.1) is 11.7 Å². The quantitative estimate of drug-likeness (QED) is 0.304. The average Bonchev–Trinajstić information content (AvgIpc) is 3.33. The second-order valence-corrected chi connectivity index (χ2v) is 9.47. The molecule has 39 heavy (non-hydrogen) atoms. The van der Waals surface area contributed by atoms with Crippen LogP contribution in [0.4, 0.5) is 10.1 Å². The SMILES string of the molecule is COc1ccc([C@@H](C(=O)NCCC(C)C)N(C(=O)Cn2nnc3ccccc32)c2cccc(F)c2)cc1OC. The lowest BCUT2D eigenvalue weighted by Gasteiger charge is -2.32. The Labute approximate surface area is 226 Å². The molecular formula is C29H32FN5O4. The minimum atomic E-state index is -1.14. The number of carbonyl (C=O) groups is 2. The molecule has 1 atom stereocenters. The smallest absolute Gasteiger partial charge is 0.249 e. The summed E-state index contributed by atoms with van der Waals surface area (Å²) < 4.78 is 26.8. The molecule has 4 rings (SSSR count). The Balaban J connectivity index is 1.81. The van der Waals surface area contributed by atoms with E-state index in [-0.39, 0.29) is 12.2 Å². The number of aromatic nitrogens is 3. The molecule has 9 nitrogen and oxygen atoms in total. The van der Waals surface area contributed by atoms with E-state index >= 15 is 0 Å². The number of carbonyl (C=O) groups excluding carboxylic acids is 2. The minimum Gasteiger partial charge on any atom is -0.493 e. The van der Waals surface area contributed by atoms with Gasteiger partial charge in [-0.3, -0.25) is 14.5 Å². The van der Waals surface area contributed by atoms with Crippen LogP contribution in [-0.4, -0.2) is 47.6 Å². The molecule has 0 aliphatic heterocycles. The highest BCUT2D eigenvalue weighted by molar-refractivity contribution is 6.01. The maximum Gasteiger partial charge on any atom is 0.249 e.